The summed E-state index contributed by atoms with van der Waals surface area (Å²) in [5.74, 6) is -1.49. The van der Waals surface area contributed by atoms with Gasteiger partial charge in [-0.05, 0) is 24.4 Å². The van der Waals surface area contributed by atoms with E-state index in [9.17, 15) is 14.4 Å². The van der Waals surface area contributed by atoms with Gasteiger partial charge < -0.3 is 35.4 Å². The van der Waals surface area contributed by atoms with Gasteiger partial charge in [0.2, 0.25) is 11.9 Å². The summed E-state index contributed by atoms with van der Waals surface area (Å²) < 4.78 is 25.9. The fourth-order valence-corrected chi connectivity index (χ4v) is 6.03. The van der Waals surface area contributed by atoms with Crippen LogP contribution in [0.4, 0.5) is 11.9 Å². The van der Waals surface area contributed by atoms with E-state index >= 15 is 0 Å². The van der Waals surface area contributed by atoms with Crippen molar-refractivity contribution < 1.29 is 33.3 Å². The normalized spacial score (nSPS) is 20.1. The zero-order valence-electron chi connectivity index (χ0n) is 21.1. The Hall–Kier alpha value is -3.65. The van der Waals surface area contributed by atoms with Crippen LogP contribution in [-0.2, 0) is 33.3 Å². The first-order chi connectivity index (χ1) is 18.9. The Morgan fingerprint density at radius 2 is 1.60 bits per heavy atom. The van der Waals surface area contributed by atoms with Crippen molar-refractivity contribution >= 4 is 97.6 Å². The van der Waals surface area contributed by atoms with E-state index < -0.39 is 42.4 Å². The van der Waals surface area contributed by atoms with Gasteiger partial charge in [-0.2, -0.15) is 9.97 Å². The number of nitrogens with zero attached hydrogens (tertiary/aromatic N) is 5. The van der Waals surface area contributed by atoms with Crippen LogP contribution in [0.3, 0.4) is 0 Å². The first-order valence-electron chi connectivity index (χ1n) is 11.3. The van der Waals surface area contributed by atoms with Gasteiger partial charge in [-0.1, -0.05) is 0 Å². The summed E-state index contributed by atoms with van der Waals surface area (Å²) in [6.07, 6.45) is -0.791. The lowest BCUT2D eigenvalue weighted by Crippen LogP contribution is -2.40. The Balaban J connectivity index is 0.000000278. The molecule has 0 aliphatic carbocycles. The summed E-state index contributed by atoms with van der Waals surface area (Å²) in [7, 11) is 0. The maximum absolute atomic E-state index is 11.7. The van der Waals surface area contributed by atoms with Crippen molar-refractivity contribution in [1.82, 2.24) is 29.5 Å². The maximum atomic E-state index is 11.7. The Morgan fingerprint density at radius 3 is 2.25 bits per heavy atom. The summed E-state index contributed by atoms with van der Waals surface area (Å²) in [6.45, 7) is 3.44. The summed E-state index contributed by atoms with van der Waals surface area (Å²) in [5, 5.41) is 0. The number of carbonyl (C=O) groups is 3. The van der Waals surface area contributed by atoms with Crippen LogP contribution in [-0.4, -0.2) is 72.3 Å². The fourth-order valence-electron chi connectivity index (χ4n) is 3.75. The first-order valence-corrected chi connectivity index (χ1v) is 13.8. The van der Waals surface area contributed by atoms with Crippen LogP contribution in [0.25, 0.3) is 20.7 Å². The Morgan fingerprint density at radius 1 is 0.975 bits per heavy atom. The van der Waals surface area contributed by atoms with Crippen molar-refractivity contribution in [2.75, 3.05) is 18.1 Å². The number of fused-ring (bicyclic) bond motifs is 2. The number of rotatable bonds is 5. The molecular formula is C21H22N8O7S4. The van der Waals surface area contributed by atoms with Crippen LogP contribution in [0.15, 0.2) is 12.4 Å². The quantitative estimate of drug-likeness (QED) is 0.165. The summed E-state index contributed by atoms with van der Waals surface area (Å²) in [4.78, 5) is 53.4. The molecular weight excluding hydrogens is 605 g/mol. The maximum Gasteiger partial charge on any atom is 0.303 e. The molecule has 4 atom stereocenters. The summed E-state index contributed by atoms with van der Waals surface area (Å²) >= 11 is 13.0. The average Bonchev–Trinajstić information content (AvgIpc) is 3.49. The number of aromatic nitrogens is 6. The SMILES string of the molecule is CC(=O)OC[C@H]1O[C@@H](n2c(=S)sc3cnc(N)nc32)[C@H](OC(C)=O)[C@@H]1OC(C)=O.Nc1ncc2sc(=S)[nH]c2n1. The van der Waals surface area contributed by atoms with E-state index in [0.29, 0.717) is 23.9 Å². The third kappa shape index (κ3) is 6.73. The minimum atomic E-state index is -1.06. The van der Waals surface area contributed by atoms with E-state index in [1.54, 1.807) is 6.20 Å². The number of ether oxygens (including phenoxy) is 4. The predicted octanol–water partition coefficient (Wildman–Crippen LogP) is 2.46. The highest BCUT2D eigenvalue weighted by atomic mass is 32.2. The number of esters is 3. The Bertz CT molecular complexity index is 1700. The lowest BCUT2D eigenvalue weighted by Gasteiger charge is -2.23. The van der Waals surface area contributed by atoms with Gasteiger partial charge in [0, 0.05) is 20.8 Å². The number of H-pyrrole nitrogens is 1. The number of carbonyl (C=O) groups excluding carboxylic acids is 3. The second-order valence-electron chi connectivity index (χ2n) is 8.13. The van der Waals surface area contributed by atoms with Gasteiger partial charge in [0.25, 0.3) is 0 Å². The minimum Gasteiger partial charge on any atom is -0.463 e. The zero-order chi connectivity index (χ0) is 29.1. The fraction of sp³-hybridized carbons (Fsp3) is 0.381. The van der Waals surface area contributed by atoms with Crippen LogP contribution in [0.1, 0.15) is 27.0 Å². The zero-order valence-corrected chi connectivity index (χ0v) is 24.3. The Kier molecular flexibility index (Phi) is 8.98. The van der Waals surface area contributed by atoms with Gasteiger partial charge >= 0.3 is 17.9 Å². The molecule has 0 unspecified atom stereocenters. The Labute approximate surface area is 243 Å². The van der Waals surface area contributed by atoms with Crippen LogP contribution in [0.2, 0.25) is 0 Å². The standard InChI is InChI=1S/C16H18N4O7S2.C5H4N4S2/c1-6(21)24-5-9-11(25-7(2)22)12(26-8(3)23)14(27-9)20-13-10(29-16(20)28)4-18-15(17)19-13;6-4-7-1-2-3(8-4)9-5(10)11-2/h4,9,11-12,14H,5H2,1-3H3,(H2,17,18,19);1H,(H3,6,7,8,9,10)/t9-,11-,12-,14-;/m1./s1. The van der Waals surface area contributed by atoms with E-state index in [0.717, 1.165) is 4.70 Å². The molecule has 19 heteroatoms. The molecule has 0 aromatic carbocycles. The molecule has 1 saturated heterocycles. The van der Waals surface area contributed by atoms with Crippen LogP contribution in [0.5, 0.6) is 0 Å². The van der Waals surface area contributed by atoms with E-state index in [1.165, 1.54) is 54.2 Å². The van der Waals surface area contributed by atoms with Gasteiger partial charge in [-0.15, -0.1) is 22.7 Å². The molecule has 5 heterocycles. The number of nitrogen functional groups attached to an aromatic ring is 2. The lowest BCUT2D eigenvalue weighted by molar-refractivity contribution is -0.166. The van der Waals surface area contributed by atoms with Crippen LogP contribution in [0, 0.1) is 7.91 Å². The molecule has 0 spiro atoms. The van der Waals surface area contributed by atoms with Crippen LogP contribution >= 0.6 is 47.1 Å². The van der Waals surface area contributed by atoms with Gasteiger partial charge in [-0.3, -0.25) is 19.0 Å². The molecule has 1 aliphatic rings. The number of anilines is 2. The smallest absolute Gasteiger partial charge is 0.303 e. The molecule has 5 N–H and O–H groups in total. The van der Waals surface area contributed by atoms with Crippen molar-refractivity contribution in [1.29, 1.82) is 0 Å². The third-order valence-corrected chi connectivity index (χ3v) is 7.65. The molecule has 1 aliphatic heterocycles. The van der Waals surface area contributed by atoms with E-state index in [-0.39, 0.29) is 18.5 Å². The van der Waals surface area contributed by atoms with Crippen molar-refractivity contribution in [3.05, 3.63) is 20.3 Å². The number of aromatic amines is 1. The second kappa shape index (κ2) is 12.3. The third-order valence-electron chi connectivity index (χ3n) is 5.17. The molecule has 0 radical (unpaired) electrons. The largest absolute Gasteiger partial charge is 0.463 e. The average molecular weight is 627 g/mol. The molecule has 0 saturated carbocycles. The number of nitrogens with two attached hydrogens (primary N) is 2. The number of hydrogen-bond acceptors (Lipinski definition) is 17. The molecule has 4 aromatic heterocycles. The highest BCUT2D eigenvalue weighted by molar-refractivity contribution is 7.74. The molecule has 5 rings (SSSR count). The molecule has 1 fully saturated rings. The molecule has 15 nitrogen and oxygen atoms in total. The van der Waals surface area contributed by atoms with E-state index in [2.05, 4.69) is 24.9 Å². The number of thiazole rings is 2. The van der Waals surface area contributed by atoms with E-state index in [4.69, 9.17) is 54.9 Å². The number of nitrogens with one attached hydrogen (secondary N) is 1. The lowest BCUT2D eigenvalue weighted by atomic mass is 10.1. The molecule has 0 amide bonds. The second-order valence-corrected chi connectivity index (χ2v) is 11.5. The minimum absolute atomic E-state index is 0.0223. The van der Waals surface area contributed by atoms with Crippen molar-refractivity contribution in [3.8, 4) is 0 Å². The van der Waals surface area contributed by atoms with Crippen molar-refractivity contribution in [2.24, 2.45) is 0 Å². The van der Waals surface area contributed by atoms with Crippen molar-refractivity contribution in [3.63, 3.8) is 0 Å². The highest BCUT2D eigenvalue weighted by Crippen LogP contribution is 2.38. The van der Waals surface area contributed by atoms with Gasteiger partial charge in [0.05, 0.1) is 21.8 Å². The van der Waals surface area contributed by atoms with Gasteiger partial charge in [0.1, 0.15) is 12.7 Å². The predicted molar refractivity (Wildman–Crippen MR) is 149 cm³/mol. The highest BCUT2D eigenvalue weighted by Gasteiger charge is 2.51. The van der Waals surface area contributed by atoms with Gasteiger partial charge in [-0.25, -0.2) is 9.97 Å². The number of hydrogen-bond donors (Lipinski definition) is 3. The monoisotopic (exact) mass is 626 g/mol. The molecule has 40 heavy (non-hydrogen) atoms. The molecule has 212 valence electrons. The summed E-state index contributed by atoms with van der Waals surface area (Å²) in [6, 6.07) is 0. The summed E-state index contributed by atoms with van der Waals surface area (Å²) in [5.41, 5.74) is 12.2. The van der Waals surface area contributed by atoms with E-state index in [1.807, 2.05) is 0 Å². The molecule has 4 aromatic rings. The molecule has 0 bridgehead atoms. The van der Waals surface area contributed by atoms with Crippen molar-refractivity contribution in [2.45, 2.75) is 45.3 Å². The first kappa shape index (κ1) is 29.3. The topological polar surface area (TPSA) is 212 Å². The van der Waals surface area contributed by atoms with Crippen LogP contribution < -0.4 is 11.5 Å². The van der Waals surface area contributed by atoms with Gasteiger partial charge in [0.15, 0.2) is 37.6 Å².